The smallest absolute Gasteiger partial charge is 0.287 e. The average Bonchev–Trinajstić information content (AvgIpc) is 3.03. The van der Waals surface area contributed by atoms with Crippen molar-refractivity contribution in [3.05, 3.63) is 34.0 Å². The lowest BCUT2D eigenvalue weighted by Crippen LogP contribution is -2.61. The third-order valence-corrected chi connectivity index (χ3v) is 7.14. The highest BCUT2D eigenvalue weighted by molar-refractivity contribution is 9.10. The van der Waals surface area contributed by atoms with Crippen LogP contribution < -0.4 is 5.32 Å². The predicted octanol–water partition coefficient (Wildman–Crippen LogP) is 4.61. The molecule has 1 saturated carbocycles. The number of carbonyl (C=O) groups excluding carboxylic acids is 1. The quantitative estimate of drug-likeness (QED) is 0.689. The number of nitrogens with one attached hydrogen (secondary N) is 1. The van der Waals surface area contributed by atoms with Crippen LogP contribution in [0.4, 0.5) is 0 Å². The number of benzene rings is 1. The lowest BCUT2D eigenvalue weighted by atomic mass is 9.79. The van der Waals surface area contributed by atoms with Crippen molar-refractivity contribution >= 4 is 45.2 Å². The summed E-state index contributed by atoms with van der Waals surface area (Å²) < 4.78 is 6.87. The van der Waals surface area contributed by atoms with E-state index in [1.165, 1.54) is 32.1 Å². The van der Waals surface area contributed by atoms with E-state index in [9.17, 15) is 4.79 Å². The Morgan fingerprint density at radius 1 is 1.17 bits per heavy atom. The molecule has 2 fully saturated rings. The van der Waals surface area contributed by atoms with Gasteiger partial charge < -0.3 is 14.6 Å². The second kappa shape index (κ2) is 9.38. The number of rotatable bonds is 4. The van der Waals surface area contributed by atoms with Crippen molar-refractivity contribution in [3.8, 4) is 0 Å². The summed E-state index contributed by atoms with van der Waals surface area (Å²) in [5, 5.41) is 4.23. The van der Waals surface area contributed by atoms with Gasteiger partial charge in [0.05, 0.1) is 0 Å². The first-order chi connectivity index (χ1) is 13.5. The van der Waals surface area contributed by atoms with Gasteiger partial charge in [-0.15, -0.1) is 12.4 Å². The minimum Gasteiger partial charge on any atom is -0.451 e. The van der Waals surface area contributed by atoms with E-state index in [-0.39, 0.29) is 23.9 Å². The van der Waals surface area contributed by atoms with Gasteiger partial charge in [0, 0.05) is 53.7 Å². The Labute approximate surface area is 187 Å². The standard InChI is InChI=1S/C22H30BrN3O2.ClH/c1-16-18-7-6-17(23)14-19(18)28-20(16)21(27)24-15-22(8-4-3-5-9-22)26-12-10-25(2)11-13-26;/h6-7,14H,3-5,8-13,15H2,1-2H3,(H,24,27);1H. The number of hydrogen-bond donors (Lipinski definition) is 1. The largest absolute Gasteiger partial charge is 0.451 e. The number of hydrogen-bond acceptors (Lipinski definition) is 4. The molecular formula is C22H31BrClN3O2. The molecule has 1 aliphatic carbocycles. The SMILES string of the molecule is Cc1c(C(=O)NCC2(N3CCN(C)CC3)CCCCC2)oc2cc(Br)ccc12.Cl. The van der Waals surface area contributed by atoms with Crippen LogP contribution in [0.1, 0.15) is 48.2 Å². The summed E-state index contributed by atoms with van der Waals surface area (Å²) in [6.07, 6.45) is 6.15. The van der Waals surface area contributed by atoms with E-state index in [4.69, 9.17) is 4.42 Å². The predicted molar refractivity (Wildman–Crippen MR) is 123 cm³/mol. The van der Waals surface area contributed by atoms with Gasteiger partial charge in [0.2, 0.25) is 0 Å². The molecular weight excluding hydrogens is 454 g/mol. The maximum Gasteiger partial charge on any atom is 0.287 e. The van der Waals surface area contributed by atoms with E-state index in [1.54, 1.807) is 0 Å². The Kier molecular flexibility index (Phi) is 7.31. The summed E-state index contributed by atoms with van der Waals surface area (Å²) >= 11 is 3.47. The van der Waals surface area contributed by atoms with Crippen molar-refractivity contribution in [2.24, 2.45) is 0 Å². The molecule has 2 heterocycles. The molecule has 1 aliphatic heterocycles. The molecule has 0 atom stereocenters. The zero-order chi connectivity index (χ0) is 19.7. The topological polar surface area (TPSA) is 48.7 Å². The summed E-state index contributed by atoms with van der Waals surface area (Å²) in [5.74, 6) is 0.348. The Balaban J connectivity index is 0.00000240. The maximum absolute atomic E-state index is 13.0. The minimum atomic E-state index is -0.0936. The fraction of sp³-hybridized carbons (Fsp3) is 0.591. The van der Waals surface area contributed by atoms with Gasteiger partial charge in [0.15, 0.2) is 5.76 Å². The Hall–Kier alpha value is -1.08. The molecule has 0 bridgehead atoms. The first-order valence-corrected chi connectivity index (χ1v) is 11.2. The molecule has 1 N–H and O–H groups in total. The second-order valence-electron chi connectivity index (χ2n) is 8.45. The highest BCUT2D eigenvalue weighted by Crippen LogP contribution is 2.34. The van der Waals surface area contributed by atoms with Crippen molar-refractivity contribution in [2.75, 3.05) is 39.8 Å². The first kappa shape index (κ1) is 22.6. The van der Waals surface area contributed by atoms with Crippen LogP contribution in [0.25, 0.3) is 11.0 Å². The molecule has 7 heteroatoms. The van der Waals surface area contributed by atoms with Crippen LogP contribution in [0.15, 0.2) is 27.1 Å². The maximum atomic E-state index is 13.0. The van der Waals surface area contributed by atoms with Crippen molar-refractivity contribution in [2.45, 2.75) is 44.6 Å². The van der Waals surface area contributed by atoms with E-state index in [0.717, 1.165) is 47.2 Å². The van der Waals surface area contributed by atoms with E-state index in [0.29, 0.717) is 12.3 Å². The summed E-state index contributed by atoms with van der Waals surface area (Å²) in [6, 6.07) is 5.91. The van der Waals surface area contributed by atoms with Gasteiger partial charge in [-0.25, -0.2) is 0 Å². The number of amides is 1. The highest BCUT2D eigenvalue weighted by Gasteiger charge is 2.39. The number of aryl methyl sites for hydroxylation is 1. The van der Waals surface area contributed by atoms with Crippen molar-refractivity contribution in [1.82, 2.24) is 15.1 Å². The number of nitrogens with zero attached hydrogens (tertiary/aromatic N) is 2. The molecule has 5 nitrogen and oxygen atoms in total. The van der Waals surface area contributed by atoms with Crippen LogP contribution in [0.3, 0.4) is 0 Å². The molecule has 1 amide bonds. The molecule has 160 valence electrons. The van der Waals surface area contributed by atoms with Crippen molar-refractivity contribution < 1.29 is 9.21 Å². The molecule has 29 heavy (non-hydrogen) atoms. The Morgan fingerprint density at radius 2 is 1.86 bits per heavy atom. The zero-order valence-electron chi connectivity index (χ0n) is 17.3. The second-order valence-corrected chi connectivity index (χ2v) is 9.37. The normalized spacial score (nSPS) is 20.4. The molecule has 2 aromatic rings. The summed E-state index contributed by atoms with van der Waals surface area (Å²) in [4.78, 5) is 18.0. The molecule has 1 aromatic heterocycles. The number of piperazine rings is 1. The summed E-state index contributed by atoms with van der Waals surface area (Å²) in [7, 11) is 2.19. The number of fused-ring (bicyclic) bond motifs is 1. The lowest BCUT2D eigenvalue weighted by molar-refractivity contribution is 0.0136. The van der Waals surface area contributed by atoms with Gasteiger partial charge in [0.25, 0.3) is 5.91 Å². The van der Waals surface area contributed by atoms with E-state index < -0.39 is 0 Å². The van der Waals surface area contributed by atoms with Gasteiger partial charge >= 0.3 is 0 Å². The molecule has 2 aliphatic rings. The van der Waals surface area contributed by atoms with Crippen molar-refractivity contribution in [3.63, 3.8) is 0 Å². The van der Waals surface area contributed by atoms with Crippen LogP contribution in [0.5, 0.6) is 0 Å². The van der Waals surface area contributed by atoms with Crippen LogP contribution in [0.2, 0.25) is 0 Å². The van der Waals surface area contributed by atoms with Crippen molar-refractivity contribution in [1.29, 1.82) is 0 Å². The fourth-order valence-electron chi connectivity index (χ4n) is 4.84. The summed E-state index contributed by atoms with van der Waals surface area (Å²) in [5.41, 5.74) is 1.76. The molecule has 1 aromatic carbocycles. The zero-order valence-corrected chi connectivity index (χ0v) is 19.7. The van der Waals surface area contributed by atoms with Crippen LogP contribution >= 0.6 is 28.3 Å². The Morgan fingerprint density at radius 3 is 2.55 bits per heavy atom. The number of carbonyl (C=O) groups is 1. The van der Waals surface area contributed by atoms with Gasteiger partial charge in [-0.1, -0.05) is 35.2 Å². The first-order valence-electron chi connectivity index (χ1n) is 10.4. The minimum absolute atomic E-state index is 0. The van der Waals surface area contributed by atoms with Crippen LogP contribution in [0, 0.1) is 6.92 Å². The lowest BCUT2D eigenvalue weighted by Gasteiger charge is -2.49. The highest BCUT2D eigenvalue weighted by atomic mass is 79.9. The van der Waals surface area contributed by atoms with E-state index >= 15 is 0 Å². The van der Waals surface area contributed by atoms with Gasteiger partial charge in [-0.2, -0.15) is 0 Å². The fourth-order valence-corrected chi connectivity index (χ4v) is 5.18. The van der Waals surface area contributed by atoms with Crippen LogP contribution in [-0.2, 0) is 0 Å². The Bertz CT molecular complexity index is 855. The number of halogens is 2. The average molecular weight is 485 g/mol. The molecule has 1 saturated heterocycles. The van der Waals surface area contributed by atoms with E-state index in [1.807, 2.05) is 25.1 Å². The molecule has 0 radical (unpaired) electrons. The van der Waals surface area contributed by atoms with Gasteiger partial charge in [-0.05, 0) is 45.0 Å². The van der Waals surface area contributed by atoms with E-state index in [2.05, 4.69) is 38.1 Å². The number of likely N-dealkylation sites (N-methyl/N-ethyl adjacent to an activating group) is 1. The van der Waals surface area contributed by atoms with Gasteiger partial charge in [0.1, 0.15) is 5.58 Å². The number of furan rings is 1. The monoisotopic (exact) mass is 483 g/mol. The molecule has 0 unspecified atom stereocenters. The molecule has 4 rings (SSSR count). The van der Waals surface area contributed by atoms with Gasteiger partial charge in [-0.3, -0.25) is 9.69 Å². The third kappa shape index (κ3) is 4.66. The summed E-state index contributed by atoms with van der Waals surface area (Å²) in [6.45, 7) is 7.05. The third-order valence-electron chi connectivity index (χ3n) is 6.64. The van der Waals surface area contributed by atoms with Crippen LogP contribution in [-0.4, -0.2) is 61.0 Å². The molecule has 0 spiro atoms.